The lowest BCUT2D eigenvalue weighted by Crippen LogP contribution is -2.37. The van der Waals surface area contributed by atoms with Crippen molar-refractivity contribution >= 4 is 11.8 Å². The second kappa shape index (κ2) is 7.24. The fourth-order valence-electron chi connectivity index (χ4n) is 1.42. The summed E-state index contributed by atoms with van der Waals surface area (Å²) in [6.45, 7) is 14.3. The van der Waals surface area contributed by atoms with Crippen LogP contribution in [0.3, 0.4) is 0 Å². The van der Waals surface area contributed by atoms with E-state index in [1.165, 1.54) is 6.08 Å². The summed E-state index contributed by atoms with van der Waals surface area (Å²) in [4.78, 5) is 22.8. The van der Waals surface area contributed by atoms with Crippen molar-refractivity contribution in [1.82, 2.24) is 0 Å². The van der Waals surface area contributed by atoms with Gasteiger partial charge in [0.25, 0.3) is 0 Å². The average Bonchev–Trinajstić information content (AvgIpc) is 2.37. The first-order valence-electron chi connectivity index (χ1n) is 6.37. The predicted molar refractivity (Wildman–Crippen MR) is 74.8 cm³/mol. The van der Waals surface area contributed by atoms with Crippen molar-refractivity contribution in [3.05, 3.63) is 25.3 Å². The van der Waals surface area contributed by atoms with Crippen LogP contribution >= 0.6 is 0 Å². The van der Waals surface area contributed by atoms with Gasteiger partial charge >= 0.3 is 5.97 Å². The molecule has 0 rings (SSSR count). The van der Waals surface area contributed by atoms with E-state index < -0.39 is 17.2 Å². The number of hydrogen-bond acceptors (Lipinski definition) is 4. The van der Waals surface area contributed by atoms with E-state index in [1.54, 1.807) is 13.8 Å². The molecule has 19 heavy (non-hydrogen) atoms. The van der Waals surface area contributed by atoms with Crippen molar-refractivity contribution in [2.75, 3.05) is 6.61 Å². The molecule has 4 nitrogen and oxygen atoms in total. The van der Waals surface area contributed by atoms with Gasteiger partial charge in [-0.3, -0.25) is 4.79 Å². The van der Waals surface area contributed by atoms with E-state index in [1.807, 2.05) is 13.8 Å². The summed E-state index contributed by atoms with van der Waals surface area (Å²) >= 11 is 0. The van der Waals surface area contributed by atoms with Gasteiger partial charge < -0.3 is 9.47 Å². The first kappa shape index (κ1) is 17.6. The Morgan fingerprint density at radius 3 is 2.16 bits per heavy atom. The van der Waals surface area contributed by atoms with Crippen LogP contribution < -0.4 is 0 Å². The van der Waals surface area contributed by atoms with Gasteiger partial charge in [-0.05, 0) is 33.3 Å². The van der Waals surface area contributed by atoms with Crippen molar-refractivity contribution in [1.29, 1.82) is 0 Å². The van der Waals surface area contributed by atoms with Gasteiger partial charge in [0.15, 0.2) is 5.78 Å². The Balaban J connectivity index is 4.44. The summed E-state index contributed by atoms with van der Waals surface area (Å²) in [6, 6.07) is 0. The number of rotatable bonds is 9. The Bertz CT molecular complexity index is 357. The summed E-state index contributed by atoms with van der Waals surface area (Å²) < 4.78 is 10.9. The van der Waals surface area contributed by atoms with E-state index in [2.05, 4.69) is 13.2 Å². The zero-order valence-electron chi connectivity index (χ0n) is 12.3. The molecule has 0 aliphatic rings. The third-order valence-electron chi connectivity index (χ3n) is 3.13. The molecule has 0 heterocycles. The Morgan fingerprint density at radius 2 is 1.74 bits per heavy atom. The molecule has 0 saturated heterocycles. The Kier molecular flexibility index (Phi) is 6.70. The summed E-state index contributed by atoms with van der Waals surface area (Å²) in [7, 11) is 0. The van der Waals surface area contributed by atoms with Gasteiger partial charge in [-0.15, -0.1) is 0 Å². The maximum atomic E-state index is 11.5. The zero-order valence-corrected chi connectivity index (χ0v) is 12.3. The summed E-state index contributed by atoms with van der Waals surface area (Å²) in [6.07, 6.45) is 3.55. The fraction of sp³-hybridized carbons (Fsp3) is 0.600. The smallest absolute Gasteiger partial charge is 0.330 e. The monoisotopic (exact) mass is 268 g/mol. The number of hydrogen-bond donors (Lipinski definition) is 0. The van der Waals surface area contributed by atoms with Crippen LogP contribution in [-0.4, -0.2) is 29.6 Å². The maximum Gasteiger partial charge on any atom is 0.330 e. The Morgan fingerprint density at radius 1 is 1.16 bits per heavy atom. The van der Waals surface area contributed by atoms with E-state index in [-0.39, 0.29) is 5.78 Å². The Labute approximate surface area is 115 Å². The van der Waals surface area contributed by atoms with E-state index in [4.69, 9.17) is 9.47 Å². The van der Waals surface area contributed by atoms with Crippen LogP contribution in [0.25, 0.3) is 0 Å². The highest BCUT2D eigenvalue weighted by Gasteiger charge is 2.30. The molecule has 0 fully saturated rings. The van der Waals surface area contributed by atoms with E-state index >= 15 is 0 Å². The minimum Gasteiger partial charge on any atom is -0.456 e. The highest BCUT2D eigenvalue weighted by molar-refractivity contribution is 5.95. The largest absolute Gasteiger partial charge is 0.456 e. The van der Waals surface area contributed by atoms with E-state index in [0.29, 0.717) is 19.4 Å². The zero-order chi connectivity index (χ0) is 15.1. The summed E-state index contributed by atoms with van der Waals surface area (Å²) in [5.74, 6) is -0.625. The normalized spacial score (nSPS) is 14.3. The lowest BCUT2D eigenvalue weighted by atomic mass is 9.98. The third-order valence-corrected chi connectivity index (χ3v) is 3.13. The van der Waals surface area contributed by atoms with Gasteiger partial charge in [0.1, 0.15) is 11.2 Å². The van der Waals surface area contributed by atoms with Crippen molar-refractivity contribution in [2.24, 2.45) is 0 Å². The highest BCUT2D eigenvalue weighted by Crippen LogP contribution is 2.22. The molecule has 0 N–H and O–H groups in total. The number of esters is 1. The van der Waals surface area contributed by atoms with Crippen molar-refractivity contribution in [3.8, 4) is 0 Å². The SMILES string of the molecule is C=CC(=O)OC(C)(CC)CCOC(C)(C)C(=O)C=C. The molecule has 0 saturated carbocycles. The van der Waals surface area contributed by atoms with Gasteiger partial charge in [0.2, 0.25) is 0 Å². The molecule has 0 aromatic heterocycles. The number of carbonyl (C=O) groups excluding carboxylic acids is 2. The first-order chi connectivity index (χ1) is 8.70. The molecule has 0 aliphatic heterocycles. The standard InChI is InChI=1S/C15H24O4/c1-7-12(16)14(4,5)18-11-10-15(6,9-3)19-13(17)8-2/h7-8H,1-2,9-11H2,3-6H3. The average molecular weight is 268 g/mol. The molecule has 1 atom stereocenters. The van der Waals surface area contributed by atoms with Crippen molar-refractivity contribution < 1.29 is 19.1 Å². The van der Waals surface area contributed by atoms with E-state index in [0.717, 1.165) is 6.08 Å². The van der Waals surface area contributed by atoms with Crippen LogP contribution in [0.5, 0.6) is 0 Å². The quantitative estimate of drug-likeness (QED) is 0.476. The first-order valence-corrected chi connectivity index (χ1v) is 6.37. The molecule has 0 amide bonds. The molecule has 0 bridgehead atoms. The molecule has 0 spiro atoms. The van der Waals surface area contributed by atoms with Crippen LogP contribution in [0, 0.1) is 0 Å². The van der Waals surface area contributed by atoms with Crippen LogP contribution in [0.15, 0.2) is 25.3 Å². The predicted octanol–water partition coefficient (Wildman–Crippen LogP) is 2.82. The minimum absolute atomic E-state index is 0.172. The number of ketones is 1. The lowest BCUT2D eigenvalue weighted by molar-refractivity contribution is -0.156. The molecular weight excluding hydrogens is 244 g/mol. The highest BCUT2D eigenvalue weighted by atomic mass is 16.6. The summed E-state index contributed by atoms with van der Waals surface area (Å²) in [5, 5.41) is 0. The molecule has 4 heteroatoms. The van der Waals surface area contributed by atoms with Crippen LogP contribution in [-0.2, 0) is 19.1 Å². The molecule has 0 aromatic rings. The maximum absolute atomic E-state index is 11.5. The molecule has 0 aliphatic carbocycles. The number of carbonyl (C=O) groups is 2. The number of ether oxygens (including phenoxy) is 2. The molecule has 0 radical (unpaired) electrons. The van der Waals surface area contributed by atoms with Crippen LogP contribution in [0.4, 0.5) is 0 Å². The van der Waals surface area contributed by atoms with Crippen molar-refractivity contribution in [3.63, 3.8) is 0 Å². The third kappa shape index (κ3) is 5.83. The minimum atomic E-state index is -0.904. The van der Waals surface area contributed by atoms with Gasteiger partial charge in [-0.2, -0.15) is 0 Å². The second-order valence-electron chi connectivity index (χ2n) is 5.11. The van der Waals surface area contributed by atoms with Gasteiger partial charge in [-0.1, -0.05) is 20.1 Å². The van der Waals surface area contributed by atoms with Gasteiger partial charge in [0, 0.05) is 12.5 Å². The van der Waals surface area contributed by atoms with Gasteiger partial charge in [-0.25, -0.2) is 4.79 Å². The second-order valence-corrected chi connectivity index (χ2v) is 5.11. The summed E-state index contributed by atoms with van der Waals surface area (Å²) in [5.41, 5.74) is -1.52. The van der Waals surface area contributed by atoms with Crippen LogP contribution in [0.1, 0.15) is 40.5 Å². The molecule has 0 aromatic carbocycles. The van der Waals surface area contributed by atoms with Crippen LogP contribution in [0.2, 0.25) is 0 Å². The Hall–Kier alpha value is -1.42. The fourth-order valence-corrected chi connectivity index (χ4v) is 1.42. The van der Waals surface area contributed by atoms with Gasteiger partial charge in [0.05, 0.1) is 6.61 Å². The molecule has 1 unspecified atom stereocenters. The molecular formula is C15H24O4. The lowest BCUT2D eigenvalue weighted by Gasteiger charge is -2.30. The van der Waals surface area contributed by atoms with Crippen molar-refractivity contribution in [2.45, 2.75) is 51.7 Å². The topological polar surface area (TPSA) is 52.6 Å². The van der Waals surface area contributed by atoms with E-state index in [9.17, 15) is 9.59 Å². The molecule has 108 valence electrons.